The summed E-state index contributed by atoms with van der Waals surface area (Å²) in [7, 11) is 0. The number of carbonyl (C=O) groups excluding carboxylic acids is 1. The van der Waals surface area contributed by atoms with Gasteiger partial charge < -0.3 is 9.84 Å². The van der Waals surface area contributed by atoms with Crippen molar-refractivity contribution in [1.82, 2.24) is 5.16 Å². The molecule has 0 radical (unpaired) electrons. The summed E-state index contributed by atoms with van der Waals surface area (Å²) in [6, 6.07) is 16.5. The number of benzene rings is 2. The summed E-state index contributed by atoms with van der Waals surface area (Å²) in [5.74, 6) is 0.161. The normalized spacial score (nSPS) is 10.5. The number of amides is 1. The van der Waals surface area contributed by atoms with Crippen LogP contribution in [0.5, 0.6) is 0 Å². The highest BCUT2D eigenvalue weighted by Crippen LogP contribution is 2.27. The van der Waals surface area contributed by atoms with Gasteiger partial charge in [-0.2, -0.15) is 0 Å². The number of anilines is 1. The molecule has 0 fully saturated rings. The monoisotopic (exact) mass is 312 g/mol. The Hall–Kier alpha value is -2.59. The Labute approximate surface area is 132 Å². The highest BCUT2D eigenvalue weighted by molar-refractivity contribution is 6.34. The highest BCUT2D eigenvalue weighted by Gasteiger charge is 2.22. The van der Waals surface area contributed by atoms with Crippen molar-refractivity contribution in [3.05, 3.63) is 70.9 Å². The first-order valence-electron chi connectivity index (χ1n) is 6.74. The fraction of sp³-hybridized carbons (Fsp3) is 0.0588. The highest BCUT2D eigenvalue weighted by atomic mass is 35.5. The molecule has 4 nitrogen and oxygen atoms in total. The lowest BCUT2D eigenvalue weighted by Crippen LogP contribution is -2.13. The van der Waals surface area contributed by atoms with Crippen LogP contribution in [0, 0.1) is 6.92 Å². The molecule has 1 aromatic heterocycles. The zero-order chi connectivity index (χ0) is 15.5. The molecule has 0 bridgehead atoms. The smallest absolute Gasteiger partial charge is 0.261 e. The summed E-state index contributed by atoms with van der Waals surface area (Å²) in [5.41, 5.74) is 2.30. The number of nitrogens with one attached hydrogen (secondary N) is 1. The molecular weight excluding hydrogens is 300 g/mol. The number of hydrogen-bond donors (Lipinski definition) is 1. The number of halogens is 1. The fourth-order valence-electron chi connectivity index (χ4n) is 2.18. The first kappa shape index (κ1) is 14.4. The van der Waals surface area contributed by atoms with E-state index in [2.05, 4.69) is 10.5 Å². The van der Waals surface area contributed by atoms with Gasteiger partial charge in [-0.3, -0.25) is 4.79 Å². The van der Waals surface area contributed by atoms with E-state index in [4.69, 9.17) is 16.1 Å². The van der Waals surface area contributed by atoms with Gasteiger partial charge in [0.05, 0.1) is 10.7 Å². The SMILES string of the molecule is Cc1onc(-c2ccccc2)c1C(=O)Nc1ccccc1Cl. The molecule has 22 heavy (non-hydrogen) atoms. The van der Waals surface area contributed by atoms with Gasteiger partial charge in [-0.15, -0.1) is 0 Å². The largest absolute Gasteiger partial charge is 0.360 e. The number of aromatic nitrogens is 1. The number of hydrogen-bond acceptors (Lipinski definition) is 3. The van der Waals surface area contributed by atoms with Crippen LogP contribution in [0.3, 0.4) is 0 Å². The minimum absolute atomic E-state index is 0.300. The minimum atomic E-state index is -0.300. The molecule has 0 aliphatic carbocycles. The van der Waals surface area contributed by atoms with E-state index >= 15 is 0 Å². The fourth-order valence-corrected chi connectivity index (χ4v) is 2.36. The Morgan fingerprint density at radius 2 is 1.77 bits per heavy atom. The molecule has 1 N–H and O–H groups in total. The van der Waals surface area contributed by atoms with Crippen LogP contribution >= 0.6 is 11.6 Å². The maximum atomic E-state index is 12.6. The van der Waals surface area contributed by atoms with E-state index in [0.29, 0.717) is 27.7 Å². The van der Waals surface area contributed by atoms with Gasteiger partial charge in [0.25, 0.3) is 5.91 Å². The van der Waals surface area contributed by atoms with Crippen molar-refractivity contribution in [3.63, 3.8) is 0 Å². The lowest BCUT2D eigenvalue weighted by molar-refractivity contribution is 0.102. The average Bonchev–Trinajstić information content (AvgIpc) is 2.92. The first-order valence-corrected chi connectivity index (χ1v) is 7.12. The summed E-state index contributed by atoms with van der Waals surface area (Å²) in [4.78, 5) is 12.6. The molecule has 0 unspecified atom stereocenters. The summed E-state index contributed by atoms with van der Waals surface area (Å²) in [6.07, 6.45) is 0. The maximum absolute atomic E-state index is 12.6. The van der Waals surface area contributed by atoms with Gasteiger partial charge in [-0.25, -0.2) is 0 Å². The van der Waals surface area contributed by atoms with E-state index in [0.717, 1.165) is 5.56 Å². The van der Waals surface area contributed by atoms with Crippen LogP contribution in [0.15, 0.2) is 59.1 Å². The number of rotatable bonds is 3. The van der Waals surface area contributed by atoms with Crippen molar-refractivity contribution in [3.8, 4) is 11.3 Å². The summed E-state index contributed by atoms with van der Waals surface area (Å²) < 4.78 is 5.20. The van der Waals surface area contributed by atoms with E-state index < -0.39 is 0 Å². The molecule has 0 spiro atoms. The van der Waals surface area contributed by atoms with Crippen LogP contribution in [0.1, 0.15) is 16.1 Å². The third kappa shape index (κ3) is 2.73. The van der Waals surface area contributed by atoms with Gasteiger partial charge in [-0.1, -0.05) is 59.2 Å². The number of aryl methyl sites for hydroxylation is 1. The zero-order valence-electron chi connectivity index (χ0n) is 11.8. The van der Waals surface area contributed by atoms with Crippen LogP contribution in [-0.4, -0.2) is 11.1 Å². The van der Waals surface area contributed by atoms with Crippen molar-refractivity contribution in [2.75, 3.05) is 5.32 Å². The molecule has 2 aromatic carbocycles. The molecule has 1 heterocycles. The van der Waals surface area contributed by atoms with Crippen molar-refractivity contribution in [1.29, 1.82) is 0 Å². The van der Waals surface area contributed by atoms with Gasteiger partial charge in [0.2, 0.25) is 0 Å². The maximum Gasteiger partial charge on any atom is 0.261 e. The second-order valence-corrected chi connectivity index (χ2v) is 5.17. The summed E-state index contributed by atoms with van der Waals surface area (Å²) >= 11 is 6.07. The topological polar surface area (TPSA) is 55.1 Å². The second kappa shape index (κ2) is 6.03. The quantitative estimate of drug-likeness (QED) is 0.771. The first-order chi connectivity index (χ1) is 10.7. The second-order valence-electron chi connectivity index (χ2n) is 4.76. The molecule has 5 heteroatoms. The molecule has 0 saturated carbocycles. The van der Waals surface area contributed by atoms with Gasteiger partial charge in [-0.05, 0) is 19.1 Å². The number of nitrogens with zero attached hydrogens (tertiary/aromatic N) is 1. The standard InChI is InChI=1S/C17H13ClN2O2/c1-11-15(16(20-22-11)12-7-3-2-4-8-12)17(21)19-14-10-6-5-9-13(14)18/h2-10H,1H3,(H,19,21). The van der Waals surface area contributed by atoms with Crippen LogP contribution in [0.25, 0.3) is 11.3 Å². The zero-order valence-corrected chi connectivity index (χ0v) is 12.6. The van der Waals surface area contributed by atoms with Crippen molar-refractivity contribution in [2.45, 2.75) is 6.92 Å². The molecule has 110 valence electrons. The number of carbonyl (C=O) groups is 1. The third-order valence-electron chi connectivity index (χ3n) is 3.26. The Kier molecular flexibility index (Phi) is 3.94. The van der Waals surface area contributed by atoms with Crippen molar-refractivity contribution in [2.24, 2.45) is 0 Å². The van der Waals surface area contributed by atoms with Crippen molar-refractivity contribution >= 4 is 23.2 Å². The Balaban J connectivity index is 1.97. The van der Waals surface area contributed by atoms with E-state index in [9.17, 15) is 4.79 Å². The van der Waals surface area contributed by atoms with E-state index in [1.54, 1.807) is 31.2 Å². The van der Waals surface area contributed by atoms with Gasteiger partial charge in [0.1, 0.15) is 17.0 Å². The number of para-hydroxylation sites is 1. The molecule has 0 aliphatic heterocycles. The van der Waals surface area contributed by atoms with Crippen LogP contribution in [0.4, 0.5) is 5.69 Å². The molecule has 3 rings (SSSR count). The predicted octanol–water partition coefficient (Wildman–Crippen LogP) is 4.56. The third-order valence-corrected chi connectivity index (χ3v) is 3.59. The molecule has 1 amide bonds. The van der Waals surface area contributed by atoms with E-state index in [1.165, 1.54) is 0 Å². The molecule has 0 atom stereocenters. The van der Waals surface area contributed by atoms with Crippen LogP contribution in [0.2, 0.25) is 5.02 Å². The van der Waals surface area contributed by atoms with Gasteiger partial charge >= 0.3 is 0 Å². The molecule has 0 aliphatic rings. The van der Waals surface area contributed by atoms with Gasteiger partial charge in [0.15, 0.2) is 0 Å². The average molecular weight is 313 g/mol. The molecule has 3 aromatic rings. The lowest BCUT2D eigenvalue weighted by Gasteiger charge is -2.07. The lowest BCUT2D eigenvalue weighted by atomic mass is 10.1. The Morgan fingerprint density at radius 3 is 2.50 bits per heavy atom. The Morgan fingerprint density at radius 1 is 1.09 bits per heavy atom. The van der Waals surface area contributed by atoms with Crippen LogP contribution in [-0.2, 0) is 0 Å². The summed E-state index contributed by atoms with van der Waals surface area (Å²) in [5, 5.41) is 7.27. The van der Waals surface area contributed by atoms with Gasteiger partial charge in [0, 0.05) is 5.56 Å². The summed E-state index contributed by atoms with van der Waals surface area (Å²) in [6.45, 7) is 1.71. The minimum Gasteiger partial charge on any atom is -0.360 e. The van der Waals surface area contributed by atoms with E-state index in [1.807, 2.05) is 30.3 Å². The van der Waals surface area contributed by atoms with E-state index in [-0.39, 0.29) is 5.91 Å². The predicted molar refractivity (Wildman–Crippen MR) is 86.1 cm³/mol. The molecular formula is C17H13ClN2O2. The molecule has 0 saturated heterocycles. The van der Waals surface area contributed by atoms with Crippen LogP contribution < -0.4 is 5.32 Å². The van der Waals surface area contributed by atoms with Crippen molar-refractivity contribution < 1.29 is 9.32 Å². The Bertz CT molecular complexity index is 813.